The predicted molar refractivity (Wildman–Crippen MR) is 164 cm³/mol. The lowest BCUT2D eigenvalue weighted by Crippen LogP contribution is -2.50. The zero-order chi connectivity index (χ0) is 29.9. The van der Waals surface area contributed by atoms with Crippen LogP contribution in [-0.2, 0) is 19.1 Å². The van der Waals surface area contributed by atoms with E-state index in [4.69, 9.17) is 9.47 Å². The summed E-state index contributed by atoms with van der Waals surface area (Å²) in [6, 6.07) is -0.570. The molecule has 2 atom stereocenters. The Kier molecular flexibility index (Phi) is 25.9. The van der Waals surface area contributed by atoms with E-state index >= 15 is 0 Å². The number of nitrogens with zero attached hydrogens (tertiary/aromatic N) is 1. The Hall–Kier alpha value is -1.18. The van der Waals surface area contributed by atoms with Crippen molar-refractivity contribution in [3.8, 4) is 0 Å². The van der Waals surface area contributed by atoms with Crippen molar-refractivity contribution in [1.29, 1.82) is 0 Å². The van der Waals surface area contributed by atoms with Crippen LogP contribution >= 0.6 is 0 Å². The lowest BCUT2D eigenvalue weighted by molar-refractivity contribution is -0.887. The summed E-state index contributed by atoms with van der Waals surface area (Å²) in [5.41, 5.74) is 0. The molecule has 0 spiro atoms. The van der Waals surface area contributed by atoms with Crippen molar-refractivity contribution in [2.24, 2.45) is 0 Å². The number of hydrogen-bond donors (Lipinski definition) is 2. The van der Waals surface area contributed by atoms with Gasteiger partial charge in [-0.25, -0.2) is 4.79 Å². The number of aliphatic hydroxyl groups excluding tert-OH is 1. The van der Waals surface area contributed by atoms with Gasteiger partial charge in [-0.1, -0.05) is 129 Å². The molecule has 0 aliphatic rings. The quantitative estimate of drug-likeness (QED) is 0.0521. The van der Waals surface area contributed by atoms with Crippen molar-refractivity contribution < 1.29 is 33.8 Å². The second kappa shape index (κ2) is 26.7. The molecule has 0 saturated carbocycles. The lowest BCUT2D eigenvalue weighted by Gasteiger charge is -2.31. The number of rotatable bonds is 30. The number of aliphatic carboxylic acids is 1. The molecule has 0 aliphatic carbocycles. The minimum atomic E-state index is -0.897. The average molecular weight is 573 g/mol. The highest BCUT2D eigenvalue weighted by molar-refractivity contribution is 5.72. The molecule has 0 bridgehead atoms. The fraction of sp³-hybridized carbons (Fsp3) is 0.939. The molecule has 0 heterocycles. The highest BCUT2D eigenvalue weighted by atomic mass is 16.5. The summed E-state index contributed by atoms with van der Waals surface area (Å²) in [4.78, 5) is 23.3. The van der Waals surface area contributed by atoms with Gasteiger partial charge in [-0.2, -0.15) is 0 Å². The zero-order valence-electron chi connectivity index (χ0n) is 26.8. The Bertz CT molecular complexity index is 592. The molecule has 2 N–H and O–H groups in total. The predicted octanol–water partition coefficient (Wildman–Crippen LogP) is 7.67. The molecule has 238 valence electrons. The molecule has 0 aromatic carbocycles. The molecule has 0 aromatic heterocycles. The lowest BCUT2D eigenvalue weighted by atomic mass is 10.0. The first-order chi connectivity index (χ1) is 19.2. The van der Waals surface area contributed by atoms with Gasteiger partial charge in [0.2, 0.25) is 0 Å². The molecule has 0 aromatic rings. The highest BCUT2D eigenvalue weighted by Crippen LogP contribution is 2.15. The van der Waals surface area contributed by atoms with Gasteiger partial charge in [-0.3, -0.25) is 4.79 Å². The van der Waals surface area contributed by atoms with Gasteiger partial charge in [0, 0.05) is 12.8 Å². The van der Waals surface area contributed by atoms with Gasteiger partial charge in [0.1, 0.15) is 12.7 Å². The SMILES string of the molecule is CCCCCCCCCCCCCCCCCCCCCCC(=O)OCC(O)COCCC(C(=O)O)[N+](C)(C)C. The van der Waals surface area contributed by atoms with E-state index in [1.165, 1.54) is 109 Å². The van der Waals surface area contributed by atoms with Crippen LogP contribution in [0, 0.1) is 0 Å². The molecule has 2 unspecified atom stereocenters. The number of unbranched alkanes of at least 4 members (excludes halogenated alkanes) is 19. The average Bonchev–Trinajstić information content (AvgIpc) is 2.89. The van der Waals surface area contributed by atoms with Crippen LogP contribution in [0.15, 0.2) is 0 Å². The van der Waals surface area contributed by atoms with E-state index in [1.807, 2.05) is 21.1 Å². The molecule has 7 heteroatoms. The van der Waals surface area contributed by atoms with Crippen LogP contribution in [0.25, 0.3) is 0 Å². The first kappa shape index (κ1) is 38.8. The molecule has 0 radical (unpaired) electrons. The van der Waals surface area contributed by atoms with Gasteiger partial charge in [0.05, 0.1) is 34.4 Å². The first-order valence-electron chi connectivity index (χ1n) is 16.6. The van der Waals surface area contributed by atoms with E-state index in [0.717, 1.165) is 19.3 Å². The van der Waals surface area contributed by atoms with E-state index in [9.17, 15) is 19.8 Å². The normalized spacial score (nSPS) is 13.3. The van der Waals surface area contributed by atoms with Crippen LogP contribution in [0.4, 0.5) is 0 Å². The second-order valence-corrected chi connectivity index (χ2v) is 12.6. The highest BCUT2D eigenvalue weighted by Gasteiger charge is 2.30. The van der Waals surface area contributed by atoms with Crippen LogP contribution in [0.3, 0.4) is 0 Å². The van der Waals surface area contributed by atoms with Crippen molar-refractivity contribution >= 4 is 11.9 Å². The molecule has 40 heavy (non-hydrogen) atoms. The number of hydrogen-bond acceptors (Lipinski definition) is 5. The van der Waals surface area contributed by atoms with Gasteiger partial charge < -0.3 is 24.2 Å². The number of ether oxygens (including phenoxy) is 2. The first-order valence-corrected chi connectivity index (χ1v) is 16.6. The number of likely N-dealkylation sites (N-methyl/N-ethyl adjacent to an activating group) is 1. The Morgan fingerprint density at radius 1 is 0.650 bits per heavy atom. The van der Waals surface area contributed by atoms with Crippen LogP contribution < -0.4 is 0 Å². The van der Waals surface area contributed by atoms with Crippen molar-refractivity contribution in [1.82, 2.24) is 0 Å². The number of esters is 1. The summed E-state index contributed by atoms with van der Waals surface area (Å²) < 4.78 is 10.8. The van der Waals surface area contributed by atoms with Crippen molar-refractivity contribution in [3.63, 3.8) is 0 Å². The Labute approximate surface area is 247 Å². The fourth-order valence-corrected chi connectivity index (χ4v) is 5.09. The molecule has 0 fully saturated rings. The minimum Gasteiger partial charge on any atom is -0.477 e. The van der Waals surface area contributed by atoms with E-state index in [1.54, 1.807) is 0 Å². The van der Waals surface area contributed by atoms with E-state index < -0.39 is 18.1 Å². The van der Waals surface area contributed by atoms with Crippen molar-refractivity contribution in [2.45, 2.75) is 160 Å². The molecule has 7 nitrogen and oxygen atoms in total. The van der Waals surface area contributed by atoms with Crippen LogP contribution in [0.5, 0.6) is 0 Å². The number of carbonyl (C=O) groups is 2. The van der Waals surface area contributed by atoms with Crippen molar-refractivity contribution in [3.05, 3.63) is 0 Å². The van der Waals surface area contributed by atoms with E-state index in [-0.39, 0.29) is 25.8 Å². The molecule has 0 amide bonds. The maximum atomic E-state index is 11.9. The van der Waals surface area contributed by atoms with Gasteiger partial charge in [-0.05, 0) is 6.42 Å². The molecule has 0 rings (SSSR count). The molecular formula is C33H66NO6+. The third kappa shape index (κ3) is 25.8. The largest absolute Gasteiger partial charge is 0.477 e. The Morgan fingerprint density at radius 3 is 1.43 bits per heavy atom. The number of carboxylic acids is 1. The summed E-state index contributed by atoms with van der Waals surface area (Å²) in [6.07, 6.45) is 26.4. The third-order valence-electron chi connectivity index (χ3n) is 7.74. The summed E-state index contributed by atoms with van der Waals surface area (Å²) in [6.45, 7) is 2.45. The minimum absolute atomic E-state index is 0.0239. The summed E-state index contributed by atoms with van der Waals surface area (Å²) in [5.74, 6) is -1.15. The molecule has 0 aliphatic heterocycles. The van der Waals surface area contributed by atoms with Gasteiger partial charge in [0.15, 0.2) is 6.04 Å². The fourth-order valence-electron chi connectivity index (χ4n) is 5.09. The molecular weight excluding hydrogens is 506 g/mol. The van der Waals surface area contributed by atoms with Crippen LogP contribution in [0.1, 0.15) is 148 Å². The molecule has 0 saturated heterocycles. The van der Waals surface area contributed by atoms with Gasteiger partial charge >= 0.3 is 11.9 Å². The third-order valence-corrected chi connectivity index (χ3v) is 7.74. The number of aliphatic hydroxyl groups is 1. The van der Waals surface area contributed by atoms with E-state index in [2.05, 4.69) is 6.92 Å². The number of quaternary nitrogens is 1. The Balaban J connectivity index is 3.41. The monoisotopic (exact) mass is 572 g/mol. The van der Waals surface area contributed by atoms with Crippen LogP contribution in [-0.4, -0.2) is 79.7 Å². The van der Waals surface area contributed by atoms with Crippen LogP contribution in [0.2, 0.25) is 0 Å². The van der Waals surface area contributed by atoms with Gasteiger partial charge in [0.25, 0.3) is 0 Å². The summed E-state index contributed by atoms with van der Waals surface area (Å²) in [5, 5.41) is 19.3. The smallest absolute Gasteiger partial charge is 0.362 e. The second-order valence-electron chi connectivity index (χ2n) is 12.6. The van der Waals surface area contributed by atoms with E-state index in [0.29, 0.717) is 17.3 Å². The van der Waals surface area contributed by atoms with Crippen molar-refractivity contribution in [2.75, 3.05) is 41.0 Å². The number of carbonyl (C=O) groups excluding carboxylic acids is 1. The summed E-state index contributed by atoms with van der Waals surface area (Å²) in [7, 11) is 5.48. The standard InChI is InChI=1S/C33H65NO6/c1-5-6-7-8-9-10-11-12-13-14-15-16-17-18-19-20-21-22-23-24-25-32(36)40-29-30(35)28-39-27-26-31(33(37)38)34(2,3)4/h30-31,35H,5-29H2,1-4H3/p+1. The maximum Gasteiger partial charge on any atom is 0.362 e. The topological polar surface area (TPSA) is 93.1 Å². The Morgan fingerprint density at radius 2 is 1.05 bits per heavy atom. The van der Waals surface area contributed by atoms with Gasteiger partial charge in [-0.15, -0.1) is 0 Å². The number of carboxylic acid groups (broad SMARTS) is 1. The zero-order valence-corrected chi connectivity index (χ0v) is 26.8. The summed E-state index contributed by atoms with van der Waals surface area (Å²) >= 11 is 0. The maximum absolute atomic E-state index is 11.9.